The fourth-order valence-electron chi connectivity index (χ4n) is 2.79. The third-order valence-electron chi connectivity index (χ3n) is 4.16. The molecule has 0 aliphatic heterocycles. The van der Waals surface area contributed by atoms with Gasteiger partial charge < -0.3 is 10.3 Å². The van der Waals surface area contributed by atoms with Gasteiger partial charge in [0.25, 0.3) is 0 Å². The maximum atomic E-state index is 12.4. The van der Waals surface area contributed by atoms with Crippen LogP contribution < -0.4 is 5.32 Å². The maximum Gasteiger partial charge on any atom is 0.220 e. The minimum atomic E-state index is -0.154. The van der Waals surface area contributed by atoms with Gasteiger partial charge in [0.2, 0.25) is 5.91 Å². The SMILES string of the molecule is CC(C)CCC(=O)NC(c1ccccc1)c1ccc2nc[nH]c2c1. The first kappa shape index (κ1) is 16.2. The Hall–Kier alpha value is -2.62. The van der Waals surface area contributed by atoms with E-state index in [0.717, 1.165) is 28.6 Å². The third kappa shape index (κ3) is 3.82. The molecule has 0 radical (unpaired) electrons. The number of benzene rings is 2. The Kier molecular flexibility index (Phi) is 4.94. The zero-order valence-corrected chi connectivity index (χ0v) is 14.1. The summed E-state index contributed by atoms with van der Waals surface area (Å²) in [6.07, 6.45) is 3.13. The van der Waals surface area contributed by atoms with Gasteiger partial charge in [-0.3, -0.25) is 4.79 Å². The summed E-state index contributed by atoms with van der Waals surface area (Å²) in [5.41, 5.74) is 4.03. The molecule has 4 heteroatoms. The Morgan fingerprint density at radius 1 is 1.12 bits per heavy atom. The Morgan fingerprint density at radius 2 is 1.92 bits per heavy atom. The highest BCUT2D eigenvalue weighted by Crippen LogP contribution is 2.25. The first-order valence-electron chi connectivity index (χ1n) is 8.41. The molecule has 0 spiro atoms. The average Bonchev–Trinajstić information content (AvgIpc) is 3.06. The molecule has 1 aromatic heterocycles. The molecule has 0 aliphatic carbocycles. The standard InChI is InChI=1S/C20H23N3O/c1-14(2)8-11-19(24)23-20(15-6-4-3-5-7-15)16-9-10-17-18(12-16)22-13-21-17/h3-7,9-10,12-14,20H,8,11H2,1-2H3,(H,21,22)(H,23,24). The van der Waals surface area contributed by atoms with Gasteiger partial charge in [-0.25, -0.2) is 4.98 Å². The number of amides is 1. The van der Waals surface area contributed by atoms with Gasteiger partial charge in [0.1, 0.15) is 0 Å². The largest absolute Gasteiger partial charge is 0.345 e. The Balaban J connectivity index is 1.88. The van der Waals surface area contributed by atoms with Crippen LogP contribution in [0.3, 0.4) is 0 Å². The van der Waals surface area contributed by atoms with Gasteiger partial charge in [-0.2, -0.15) is 0 Å². The smallest absolute Gasteiger partial charge is 0.220 e. The van der Waals surface area contributed by atoms with Crippen molar-refractivity contribution in [2.24, 2.45) is 5.92 Å². The number of H-pyrrole nitrogens is 1. The molecule has 4 nitrogen and oxygen atoms in total. The normalized spacial score (nSPS) is 12.5. The third-order valence-corrected chi connectivity index (χ3v) is 4.16. The van der Waals surface area contributed by atoms with E-state index in [-0.39, 0.29) is 11.9 Å². The molecule has 24 heavy (non-hydrogen) atoms. The number of fused-ring (bicyclic) bond motifs is 1. The lowest BCUT2D eigenvalue weighted by Crippen LogP contribution is -2.29. The summed E-state index contributed by atoms with van der Waals surface area (Å²) in [5.74, 6) is 0.606. The number of carbonyl (C=O) groups excluding carboxylic acids is 1. The monoisotopic (exact) mass is 321 g/mol. The number of carbonyl (C=O) groups is 1. The van der Waals surface area contributed by atoms with E-state index in [9.17, 15) is 4.79 Å². The number of hydrogen-bond donors (Lipinski definition) is 2. The molecule has 0 aliphatic rings. The van der Waals surface area contributed by atoms with E-state index < -0.39 is 0 Å². The van der Waals surface area contributed by atoms with Crippen molar-refractivity contribution in [3.8, 4) is 0 Å². The number of nitrogens with one attached hydrogen (secondary N) is 2. The quantitative estimate of drug-likeness (QED) is 0.714. The molecular weight excluding hydrogens is 298 g/mol. The lowest BCUT2D eigenvalue weighted by atomic mass is 9.97. The van der Waals surface area contributed by atoms with E-state index >= 15 is 0 Å². The number of aromatic amines is 1. The molecule has 0 fully saturated rings. The molecule has 0 bridgehead atoms. The highest BCUT2D eigenvalue weighted by Gasteiger charge is 2.17. The molecule has 1 heterocycles. The molecule has 1 amide bonds. The van der Waals surface area contributed by atoms with Crippen LogP contribution in [0.2, 0.25) is 0 Å². The van der Waals surface area contributed by atoms with E-state index in [1.807, 2.05) is 42.5 Å². The maximum absolute atomic E-state index is 12.4. The van der Waals surface area contributed by atoms with Gasteiger partial charge in [0, 0.05) is 6.42 Å². The van der Waals surface area contributed by atoms with E-state index in [2.05, 4.69) is 35.2 Å². The predicted molar refractivity (Wildman–Crippen MR) is 96.6 cm³/mol. The Morgan fingerprint density at radius 3 is 2.67 bits per heavy atom. The molecule has 2 N–H and O–H groups in total. The lowest BCUT2D eigenvalue weighted by molar-refractivity contribution is -0.121. The van der Waals surface area contributed by atoms with Crippen molar-refractivity contribution in [1.82, 2.24) is 15.3 Å². The van der Waals surface area contributed by atoms with Crippen LogP contribution in [-0.2, 0) is 4.79 Å². The minimum Gasteiger partial charge on any atom is -0.345 e. The van der Waals surface area contributed by atoms with Crippen molar-refractivity contribution < 1.29 is 4.79 Å². The highest BCUT2D eigenvalue weighted by molar-refractivity contribution is 5.78. The van der Waals surface area contributed by atoms with Crippen molar-refractivity contribution in [2.45, 2.75) is 32.7 Å². The van der Waals surface area contributed by atoms with Gasteiger partial charge in [-0.15, -0.1) is 0 Å². The van der Waals surface area contributed by atoms with Crippen molar-refractivity contribution in [1.29, 1.82) is 0 Å². The lowest BCUT2D eigenvalue weighted by Gasteiger charge is -2.20. The van der Waals surface area contributed by atoms with Gasteiger partial charge in [-0.05, 0) is 35.6 Å². The summed E-state index contributed by atoms with van der Waals surface area (Å²) >= 11 is 0. The van der Waals surface area contributed by atoms with Crippen molar-refractivity contribution in [3.05, 3.63) is 66.0 Å². The second-order valence-corrected chi connectivity index (χ2v) is 6.52. The summed E-state index contributed by atoms with van der Waals surface area (Å²) in [7, 11) is 0. The molecule has 0 saturated heterocycles. The van der Waals surface area contributed by atoms with Crippen LogP contribution in [0.5, 0.6) is 0 Å². The Bertz CT molecular complexity index is 808. The minimum absolute atomic E-state index is 0.0854. The van der Waals surface area contributed by atoms with Crippen LogP contribution in [0.4, 0.5) is 0 Å². The molecule has 3 aromatic rings. The molecular formula is C20H23N3O. The van der Waals surface area contributed by atoms with Gasteiger partial charge >= 0.3 is 0 Å². The highest BCUT2D eigenvalue weighted by atomic mass is 16.1. The summed E-state index contributed by atoms with van der Waals surface area (Å²) in [6.45, 7) is 4.27. The second kappa shape index (κ2) is 7.30. The van der Waals surface area contributed by atoms with Gasteiger partial charge in [0.05, 0.1) is 23.4 Å². The fourth-order valence-corrected chi connectivity index (χ4v) is 2.79. The second-order valence-electron chi connectivity index (χ2n) is 6.52. The predicted octanol–water partition coefficient (Wildman–Crippen LogP) is 4.20. The van der Waals surface area contributed by atoms with Crippen LogP contribution in [0.25, 0.3) is 11.0 Å². The van der Waals surface area contributed by atoms with Crippen LogP contribution >= 0.6 is 0 Å². The van der Waals surface area contributed by atoms with Crippen LogP contribution in [-0.4, -0.2) is 15.9 Å². The van der Waals surface area contributed by atoms with Crippen molar-refractivity contribution in [3.63, 3.8) is 0 Å². The molecule has 1 unspecified atom stereocenters. The zero-order chi connectivity index (χ0) is 16.9. The molecule has 0 saturated carbocycles. The summed E-state index contributed by atoms with van der Waals surface area (Å²) in [4.78, 5) is 19.8. The molecule has 2 aromatic carbocycles. The number of aromatic nitrogens is 2. The number of hydrogen-bond acceptors (Lipinski definition) is 2. The Labute approximate surface area is 142 Å². The van der Waals surface area contributed by atoms with Gasteiger partial charge in [-0.1, -0.05) is 50.2 Å². The molecule has 124 valence electrons. The van der Waals surface area contributed by atoms with Crippen LogP contribution in [0, 0.1) is 5.92 Å². The van der Waals surface area contributed by atoms with E-state index in [1.54, 1.807) is 6.33 Å². The molecule has 1 atom stereocenters. The average molecular weight is 321 g/mol. The number of rotatable bonds is 6. The summed E-state index contributed by atoms with van der Waals surface area (Å²) in [6, 6.07) is 16.0. The first-order valence-corrected chi connectivity index (χ1v) is 8.41. The summed E-state index contributed by atoms with van der Waals surface area (Å²) in [5, 5.41) is 3.19. The van der Waals surface area contributed by atoms with E-state index in [4.69, 9.17) is 0 Å². The van der Waals surface area contributed by atoms with Crippen molar-refractivity contribution in [2.75, 3.05) is 0 Å². The van der Waals surface area contributed by atoms with Gasteiger partial charge in [0.15, 0.2) is 0 Å². The van der Waals surface area contributed by atoms with E-state index in [0.29, 0.717) is 12.3 Å². The topological polar surface area (TPSA) is 57.8 Å². The van der Waals surface area contributed by atoms with E-state index in [1.165, 1.54) is 0 Å². The summed E-state index contributed by atoms with van der Waals surface area (Å²) < 4.78 is 0. The van der Waals surface area contributed by atoms with Crippen LogP contribution in [0.1, 0.15) is 43.9 Å². The molecule has 3 rings (SSSR count). The van der Waals surface area contributed by atoms with Crippen molar-refractivity contribution >= 4 is 16.9 Å². The fraction of sp³-hybridized carbons (Fsp3) is 0.300. The zero-order valence-electron chi connectivity index (χ0n) is 14.1. The van der Waals surface area contributed by atoms with Crippen LogP contribution in [0.15, 0.2) is 54.9 Å². The first-order chi connectivity index (χ1) is 11.6. The number of imidazole rings is 1. The number of nitrogens with zero attached hydrogens (tertiary/aromatic N) is 1.